The summed E-state index contributed by atoms with van der Waals surface area (Å²) >= 11 is 17.9. The monoisotopic (exact) mass is 315 g/mol. The summed E-state index contributed by atoms with van der Waals surface area (Å²) in [6.07, 6.45) is 1.74. The summed E-state index contributed by atoms with van der Waals surface area (Å²) < 4.78 is 0. The number of anilines is 2. The van der Waals surface area contributed by atoms with E-state index in [1.807, 2.05) is 0 Å². The molecule has 0 bridgehead atoms. The van der Waals surface area contributed by atoms with Crippen molar-refractivity contribution in [3.8, 4) is 0 Å². The highest BCUT2D eigenvalue weighted by Gasteiger charge is 2.06. The van der Waals surface area contributed by atoms with Gasteiger partial charge in [-0.25, -0.2) is 9.97 Å². The summed E-state index contributed by atoms with van der Waals surface area (Å²) in [5.41, 5.74) is 0.725. The van der Waals surface area contributed by atoms with Crippen molar-refractivity contribution in [2.75, 3.05) is 5.32 Å². The molecule has 2 aromatic rings. The molecule has 0 amide bonds. The first-order chi connectivity index (χ1) is 9.08. The van der Waals surface area contributed by atoms with Gasteiger partial charge in [-0.1, -0.05) is 41.7 Å². The van der Waals surface area contributed by atoms with Crippen molar-refractivity contribution >= 4 is 46.3 Å². The summed E-state index contributed by atoms with van der Waals surface area (Å²) in [5.74, 6) is 1.33. The summed E-state index contributed by atoms with van der Waals surface area (Å²) in [7, 11) is 0. The molecule has 0 fully saturated rings. The van der Waals surface area contributed by atoms with Gasteiger partial charge in [0.15, 0.2) is 0 Å². The fourth-order valence-electron chi connectivity index (χ4n) is 1.59. The van der Waals surface area contributed by atoms with Crippen LogP contribution in [0.2, 0.25) is 15.2 Å². The minimum atomic E-state index is 0.408. The molecule has 0 atom stereocenters. The highest BCUT2D eigenvalue weighted by atomic mass is 35.5. The van der Waals surface area contributed by atoms with Gasteiger partial charge in [0, 0.05) is 17.5 Å². The molecule has 1 heterocycles. The standard InChI is InChI=1S/C13H12Cl3N3/c1-2-3-12-18-11(16)7-13(19-12)17-10-5-4-8(14)6-9(10)15/h4-7H,2-3H2,1H3,(H,17,18,19). The summed E-state index contributed by atoms with van der Waals surface area (Å²) in [6.45, 7) is 2.06. The number of benzene rings is 1. The minimum Gasteiger partial charge on any atom is -0.339 e. The predicted molar refractivity (Wildman–Crippen MR) is 80.8 cm³/mol. The molecular formula is C13H12Cl3N3. The molecule has 0 aliphatic carbocycles. The molecule has 19 heavy (non-hydrogen) atoms. The molecule has 0 spiro atoms. The molecule has 1 N–H and O–H groups in total. The molecule has 2 rings (SSSR count). The van der Waals surface area contributed by atoms with Crippen LogP contribution in [0.15, 0.2) is 24.3 Å². The highest BCUT2D eigenvalue weighted by molar-refractivity contribution is 6.36. The van der Waals surface area contributed by atoms with Crippen LogP contribution in [0.5, 0.6) is 0 Å². The van der Waals surface area contributed by atoms with Crippen LogP contribution >= 0.6 is 34.8 Å². The quantitative estimate of drug-likeness (QED) is 0.794. The lowest BCUT2D eigenvalue weighted by Crippen LogP contribution is -2.00. The predicted octanol–water partition coefficient (Wildman–Crippen LogP) is 5.13. The van der Waals surface area contributed by atoms with Crippen LogP contribution < -0.4 is 5.32 Å². The van der Waals surface area contributed by atoms with E-state index in [0.29, 0.717) is 26.8 Å². The molecule has 0 saturated heterocycles. The first-order valence-electron chi connectivity index (χ1n) is 5.84. The Labute approximate surface area is 126 Å². The number of rotatable bonds is 4. The van der Waals surface area contributed by atoms with E-state index in [2.05, 4.69) is 22.2 Å². The lowest BCUT2D eigenvalue weighted by molar-refractivity contribution is 0.837. The molecule has 6 heteroatoms. The third-order valence-corrected chi connectivity index (χ3v) is 3.15. The molecule has 0 saturated carbocycles. The van der Waals surface area contributed by atoms with Crippen LogP contribution in [0, 0.1) is 0 Å². The van der Waals surface area contributed by atoms with Crippen LogP contribution in [0.1, 0.15) is 19.2 Å². The number of hydrogen-bond donors (Lipinski definition) is 1. The van der Waals surface area contributed by atoms with Crippen molar-refractivity contribution in [3.63, 3.8) is 0 Å². The number of aromatic nitrogens is 2. The highest BCUT2D eigenvalue weighted by Crippen LogP contribution is 2.28. The maximum Gasteiger partial charge on any atom is 0.135 e. The molecular weight excluding hydrogens is 305 g/mol. The van der Waals surface area contributed by atoms with Crippen molar-refractivity contribution in [2.24, 2.45) is 0 Å². The first-order valence-corrected chi connectivity index (χ1v) is 6.97. The van der Waals surface area contributed by atoms with Crippen molar-refractivity contribution < 1.29 is 0 Å². The van der Waals surface area contributed by atoms with Crippen LogP contribution in [-0.2, 0) is 6.42 Å². The average Bonchev–Trinajstić information content (AvgIpc) is 2.32. The Morgan fingerprint density at radius 1 is 1.11 bits per heavy atom. The Hall–Kier alpha value is -1.03. The summed E-state index contributed by atoms with van der Waals surface area (Å²) in [6, 6.07) is 6.87. The van der Waals surface area contributed by atoms with E-state index in [9.17, 15) is 0 Å². The van der Waals surface area contributed by atoms with E-state index < -0.39 is 0 Å². The van der Waals surface area contributed by atoms with E-state index in [4.69, 9.17) is 34.8 Å². The second-order valence-corrected chi connectivity index (χ2v) is 5.22. The Kier molecular flexibility index (Phi) is 4.86. The fourth-order valence-corrected chi connectivity index (χ4v) is 2.25. The van der Waals surface area contributed by atoms with Crippen LogP contribution in [0.3, 0.4) is 0 Å². The molecule has 1 aromatic heterocycles. The summed E-state index contributed by atoms with van der Waals surface area (Å²) in [5, 5.41) is 4.63. The zero-order chi connectivity index (χ0) is 13.8. The number of halogens is 3. The van der Waals surface area contributed by atoms with Gasteiger partial charge in [0.25, 0.3) is 0 Å². The van der Waals surface area contributed by atoms with Crippen molar-refractivity contribution in [2.45, 2.75) is 19.8 Å². The van der Waals surface area contributed by atoms with Gasteiger partial charge in [-0.15, -0.1) is 0 Å². The fraction of sp³-hybridized carbons (Fsp3) is 0.231. The second-order valence-electron chi connectivity index (χ2n) is 3.99. The van der Waals surface area contributed by atoms with E-state index in [-0.39, 0.29) is 0 Å². The molecule has 0 aliphatic heterocycles. The van der Waals surface area contributed by atoms with E-state index in [1.54, 1.807) is 24.3 Å². The zero-order valence-corrected chi connectivity index (χ0v) is 12.5. The van der Waals surface area contributed by atoms with E-state index in [0.717, 1.165) is 18.5 Å². The Morgan fingerprint density at radius 3 is 2.58 bits per heavy atom. The van der Waals surface area contributed by atoms with Gasteiger partial charge in [0.2, 0.25) is 0 Å². The number of nitrogens with one attached hydrogen (secondary N) is 1. The molecule has 100 valence electrons. The molecule has 0 unspecified atom stereocenters. The van der Waals surface area contributed by atoms with Gasteiger partial charge in [-0.3, -0.25) is 0 Å². The minimum absolute atomic E-state index is 0.408. The number of nitrogens with zero attached hydrogens (tertiary/aromatic N) is 2. The summed E-state index contributed by atoms with van der Waals surface area (Å²) in [4.78, 5) is 8.55. The van der Waals surface area contributed by atoms with E-state index in [1.165, 1.54) is 0 Å². The Balaban J connectivity index is 2.27. The van der Waals surface area contributed by atoms with Gasteiger partial charge in [-0.05, 0) is 24.6 Å². The largest absolute Gasteiger partial charge is 0.339 e. The molecule has 0 aliphatic rings. The van der Waals surface area contributed by atoms with Crippen molar-refractivity contribution in [1.29, 1.82) is 0 Å². The van der Waals surface area contributed by atoms with Crippen LogP contribution in [0.25, 0.3) is 0 Å². The number of hydrogen-bond acceptors (Lipinski definition) is 3. The SMILES string of the molecule is CCCc1nc(Cl)cc(Nc2ccc(Cl)cc2Cl)n1. The average molecular weight is 317 g/mol. The van der Waals surface area contributed by atoms with Gasteiger partial charge in [0.05, 0.1) is 10.7 Å². The smallest absolute Gasteiger partial charge is 0.135 e. The third kappa shape index (κ3) is 3.96. The normalized spacial score (nSPS) is 10.5. The third-order valence-electron chi connectivity index (χ3n) is 2.41. The first kappa shape index (κ1) is 14.4. The molecule has 3 nitrogen and oxygen atoms in total. The Morgan fingerprint density at radius 2 is 1.89 bits per heavy atom. The second kappa shape index (κ2) is 6.42. The lowest BCUT2D eigenvalue weighted by atomic mass is 10.3. The number of aryl methyl sites for hydroxylation is 1. The zero-order valence-electron chi connectivity index (χ0n) is 10.3. The van der Waals surface area contributed by atoms with Crippen LogP contribution in [-0.4, -0.2) is 9.97 Å². The topological polar surface area (TPSA) is 37.8 Å². The Bertz CT molecular complexity index is 587. The molecule has 0 radical (unpaired) electrons. The van der Waals surface area contributed by atoms with Crippen molar-refractivity contribution in [1.82, 2.24) is 9.97 Å². The van der Waals surface area contributed by atoms with Gasteiger partial charge in [0.1, 0.15) is 16.8 Å². The van der Waals surface area contributed by atoms with Gasteiger partial charge < -0.3 is 5.32 Å². The van der Waals surface area contributed by atoms with Gasteiger partial charge in [-0.2, -0.15) is 0 Å². The maximum absolute atomic E-state index is 6.10. The molecule has 1 aromatic carbocycles. The van der Waals surface area contributed by atoms with E-state index >= 15 is 0 Å². The maximum atomic E-state index is 6.10. The van der Waals surface area contributed by atoms with Gasteiger partial charge >= 0.3 is 0 Å². The van der Waals surface area contributed by atoms with Crippen LogP contribution in [0.4, 0.5) is 11.5 Å². The van der Waals surface area contributed by atoms with Crippen molar-refractivity contribution in [3.05, 3.63) is 45.3 Å². The lowest BCUT2D eigenvalue weighted by Gasteiger charge is -2.09.